The van der Waals surface area contributed by atoms with Crippen molar-refractivity contribution in [3.05, 3.63) is 0 Å². The summed E-state index contributed by atoms with van der Waals surface area (Å²) in [4.78, 5) is 21.8. The second-order valence-electron chi connectivity index (χ2n) is 4.71. The Hall–Kier alpha value is -1.06. The third kappa shape index (κ3) is 5.73. The summed E-state index contributed by atoms with van der Waals surface area (Å²) in [6.07, 6.45) is -0.560. The number of hydrogen-bond donors (Lipinski definition) is 0. The van der Waals surface area contributed by atoms with Crippen LogP contribution in [0.2, 0.25) is 0 Å². The van der Waals surface area contributed by atoms with E-state index in [1.165, 1.54) is 6.47 Å². The van der Waals surface area contributed by atoms with E-state index in [0.29, 0.717) is 6.42 Å². The highest BCUT2D eigenvalue weighted by atomic mass is 16.6. The van der Waals surface area contributed by atoms with Crippen molar-refractivity contribution in [2.75, 3.05) is 0 Å². The molecule has 16 heavy (non-hydrogen) atoms. The summed E-state index contributed by atoms with van der Waals surface area (Å²) in [7, 11) is 0. The Bertz CT molecular complexity index is 223. The smallest absolute Gasteiger partial charge is 0.418 e. The molecule has 0 N–H and O–H groups in total. The van der Waals surface area contributed by atoms with Gasteiger partial charge >= 0.3 is 12.4 Å². The van der Waals surface area contributed by atoms with Gasteiger partial charge in [-0.2, -0.15) is 0 Å². The Balaban J connectivity index is 4.31. The van der Waals surface area contributed by atoms with Crippen molar-refractivity contribution in [3.63, 3.8) is 0 Å². The summed E-state index contributed by atoms with van der Waals surface area (Å²) in [5, 5.41) is 0. The van der Waals surface area contributed by atoms with Gasteiger partial charge in [0.25, 0.3) is 0 Å². The largest absolute Gasteiger partial charge is 0.460 e. The SMILES string of the molecule is CC(C)CC(O[C]=O)C(=O)OC(C)C(C)C. The minimum atomic E-state index is -0.835. The molecule has 0 heterocycles. The predicted octanol–water partition coefficient (Wildman–Crippen LogP) is 2.07. The molecule has 0 aromatic carbocycles. The molecule has 0 saturated carbocycles. The number of rotatable bonds is 7. The van der Waals surface area contributed by atoms with Crippen LogP contribution in [0.1, 0.15) is 41.0 Å². The molecule has 0 aliphatic rings. The first kappa shape index (κ1) is 14.9. The zero-order chi connectivity index (χ0) is 12.7. The van der Waals surface area contributed by atoms with Crippen LogP contribution in [-0.4, -0.2) is 24.6 Å². The van der Waals surface area contributed by atoms with E-state index in [1.807, 2.05) is 34.6 Å². The van der Waals surface area contributed by atoms with E-state index >= 15 is 0 Å². The first-order valence-corrected chi connectivity index (χ1v) is 5.61. The van der Waals surface area contributed by atoms with Crippen LogP contribution in [0.15, 0.2) is 0 Å². The van der Waals surface area contributed by atoms with E-state index in [9.17, 15) is 9.59 Å². The van der Waals surface area contributed by atoms with Crippen molar-refractivity contribution < 1.29 is 19.1 Å². The Morgan fingerprint density at radius 3 is 2.12 bits per heavy atom. The standard InChI is InChI=1S/C12H21O4/c1-8(2)6-11(15-7-13)12(14)16-10(5)9(3)4/h8-11H,6H2,1-5H3. The highest BCUT2D eigenvalue weighted by Gasteiger charge is 2.25. The van der Waals surface area contributed by atoms with E-state index in [-0.39, 0.29) is 17.9 Å². The number of carbonyl (C=O) groups is 1. The maximum Gasteiger partial charge on any atom is 0.418 e. The summed E-state index contributed by atoms with van der Waals surface area (Å²) >= 11 is 0. The van der Waals surface area contributed by atoms with Crippen molar-refractivity contribution in [2.24, 2.45) is 11.8 Å². The summed E-state index contributed by atoms with van der Waals surface area (Å²) in [5.74, 6) is 0.00219. The Morgan fingerprint density at radius 1 is 1.19 bits per heavy atom. The fourth-order valence-electron chi connectivity index (χ4n) is 1.07. The minimum absolute atomic E-state index is 0.183. The molecule has 93 valence electrons. The first-order valence-electron chi connectivity index (χ1n) is 5.61. The molecule has 0 aliphatic heterocycles. The Labute approximate surface area is 97.3 Å². The quantitative estimate of drug-likeness (QED) is 0.627. The van der Waals surface area contributed by atoms with Crippen molar-refractivity contribution in [1.29, 1.82) is 0 Å². The summed E-state index contributed by atoms with van der Waals surface area (Å²) in [5.41, 5.74) is 0. The third-order valence-corrected chi connectivity index (χ3v) is 2.38. The van der Waals surface area contributed by atoms with Crippen LogP contribution in [-0.2, 0) is 19.1 Å². The van der Waals surface area contributed by atoms with E-state index < -0.39 is 12.1 Å². The lowest BCUT2D eigenvalue weighted by Crippen LogP contribution is -2.32. The fourth-order valence-corrected chi connectivity index (χ4v) is 1.07. The van der Waals surface area contributed by atoms with Gasteiger partial charge in [0.2, 0.25) is 0 Å². The lowest BCUT2D eigenvalue weighted by Gasteiger charge is -2.21. The van der Waals surface area contributed by atoms with Crippen LogP contribution in [0.25, 0.3) is 0 Å². The van der Waals surface area contributed by atoms with Crippen molar-refractivity contribution in [3.8, 4) is 0 Å². The topological polar surface area (TPSA) is 52.6 Å². The molecular formula is C12H21O4. The van der Waals surface area contributed by atoms with Gasteiger partial charge in [0.1, 0.15) is 6.10 Å². The second-order valence-corrected chi connectivity index (χ2v) is 4.71. The van der Waals surface area contributed by atoms with Gasteiger partial charge in [-0.25, -0.2) is 9.59 Å². The van der Waals surface area contributed by atoms with Gasteiger partial charge < -0.3 is 9.47 Å². The minimum Gasteiger partial charge on any atom is -0.460 e. The summed E-state index contributed by atoms with van der Waals surface area (Å²) < 4.78 is 9.80. The van der Waals surface area contributed by atoms with Crippen molar-refractivity contribution >= 4 is 12.4 Å². The third-order valence-electron chi connectivity index (χ3n) is 2.38. The van der Waals surface area contributed by atoms with Gasteiger partial charge in [-0.3, -0.25) is 0 Å². The molecule has 0 bridgehead atoms. The Kier molecular flexibility index (Phi) is 6.77. The van der Waals surface area contributed by atoms with Gasteiger partial charge in [0.15, 0.2) is 6.10 Å². The second kappa shape index (κ2) is 7.25. The molecule has 0 amide bonds. The molecule has 0 aliphatic carbocycles. The molecule has 2 atom stereocenters. The van der Waals surface area contributed by atoms with E-state index in [0.717, 1.165) is 0 Å². The van der Waals surface area contributed by atoms with Gasteiger partial charge in [-0.1, -0.05) is 27.7 Å². The van der Waals surface area contributed by atoms with E-state index in [4.69, 9.17) is 4.74 Å². The molecule has 0 fully saturated rings. The average molecular weight is 229 g/mol. The van der Waals surface area contributed by atoms with Crippen LogP contribution in [0, 0.1) is 11.8 Å². The van der Waals surface area contributed by atoms with Gasteiger partial charge in [0.05, 0.1) is 0 Å². The highest BCUT2D eigenvalue weighted by Crippen LogP contribution is 2.13. The van der Waals surface area contributed by atoms with Crippen LogP contribution in [0.4, 0.5) is 0 Å². The zero-order valence-electron chi connectivity index (χ0n) is 10.6. The van der Waals surface area contributed by atoms with Crippen LogP contribution in [0.3, 0.4) is 0 Å². The summed E-state index contributed by atoms with van der Waals surface area (Å²) in [6.45, 7) is 10.9. The molecule has 0 rings (SSSR count). The van der Waals surface area contributed by atoms with Crippen LogP contribution < -0.4 is 0 Å². The zero-order valence-corrected chi connectivity index (χ0v) is 10.6. The molecule has 0 spiro atoms. The fraction of sp³-hybridized carbons (Fsp3) is 0.833. The number of ether oxygens (including phenoxy) is 2. The molecule has 0 aromatic rings. The van der Waals surface area contributed by atoms with Crippen LogP contribution >= 0.6 is 0 Å². The molecule has 0 aromatic heterocycles. The lowest BCUT2D eigenvalue weighted by atomic mass is 10.1. The first-order chi connectivity index (χ1) is 7.38. The maximum atomic E-state index is 11.7. The molecule has 1 radical (unpaired) electrons. The number of esters is 1. The molecule has 4 nitrogen and oxygen atoms in total. The van der Waals surface area contributed by atoms with Gasteiger partial charge in [-0.15, -0.1) is 0 Å². The van der Waals surface area contributed by atoms with E-state index in [1.54, 1.807) is 0 Å². The normalized spacial score (nSPS) is 14.7. The average Bonchev–Trinajstić information content (AvgIpc) is 2.16. The Morgan fingerprint density at radius 2 is 1.75 bits per heavy atom. The highest BCUT2D eigenvalue weighted by molar-refractivity contribution is 5.76. The van der Waals surface area contributed by atoms with Crippen molar-refractivity contribution in [2.45, 2.75) is 53.2 Å². The van der Waals surface area contributed by atoms with Gasteiger partial charge in [-0.05, 0) is 25.2 Å². The summed E-state index contributed by atoms with van der Waals surface area (Å²) in [6, 6.07) is 0. The molecule has 2 unspecified atom stereocenters. The molecular weight excluding hydrogens is 208 g/mol. The maximum absolute atomic E-state index is 11.7. The molecule has 0 saturated heterocycles. The van der Waals surface area contributed by atoms with Crippen LogP contribution in [0.5, 0.6) is 0 Å². The number of carbonyl (C=O) groups excluding carboxylic acids is 2. The lowest BCUT2D eigenvalue weighted by molar-refractivity contribution is -0.160. The van der Waals surface area contributed by atoms with Gasteiger partial charge in [0, 0.05) is 0 Å². The van der Waals surface area contributed by atoms with E-state index in [2.05, 4.69) is 4.74 Å². The number of hydrogen-bond acceptors (Lipinski definition) is 4. The monoisotopic (exact) mass is 229 g/mol. The molecule has 4 heteroatoms. The van der Waals surface area contributed by atoms with Crippen molar-refractivity contribution in [1.82, 2.24) is 0 Å². The predicted molar refractivity (Wildman–Crippen MR) is 60.4 cm³/mol.